The van der Waals surface area contributed by atoms with Crippen LogP contribution in [0.1, 0.15) is 30.1 Å². The van der Waals surface area contributed by atoms with E-state index in [0.29, 0.717) is 18.3 Å². The summed E-state index contributed by atoms with van der Waals surface area (Å²) in [4.78, 5) is 0. The molecule has 6 heteroatoms. The predicted octanol–water partition coefficient (Wildman–Crippen LogP) is 0.271. The summed E-state index contributed by atoms with van der Waals surface area (Å²) in [5.41, 5.74) is 7.55. The summed E-state index contributed by atoms with van der Waals surface area (Å²) >= 11 is 0. The van der Waals surface area contributed by atoms with Crippen LogP contribution in [0.25, 0.3) is 0 Å². The number of aryl methyl sites for hydroxylation is 1. The Labute approximate surface area is 88.2 Å². The van der Waals surface area contributed by atoms with Crippen LogP contribution in [0, 0.1) is 0 Å². The molecular weight excluding hydrogens is 214 g/mol. The number of rotatable bonds is 1. The molecule has 3 rings (SSSR count). The number of hydrogen-bond donors (Lipinski definition) is 1. The van der Waals surface area contributed by atoms with Crippen molar-refractivity contribution >= 4 is 15.7 Å². The van der Waals surface area contributed by atoms with Crippen molar-refractivity contribution in [1.82, 2.24) is 9.78 Å². The van der Waals surface area contributed by atoms with Crippen LogP contribution in [0.2, 0.25) is 0 Å². The van der Waals surface area contributed by atoms with Crippen molar-refractivity contribution in [2.24, 2.45) is 0 Å². The SMILES string of the molecule is Nc1c2c(nn1C1CC1)CCS(=O)(=O)C2. The number of aromatic nitrogens is 2. The molecule has 0 saturated heterocycles. The lowest BCUT2D eigenvalue weighted by Gasteiger charge is -2.10. The number of anilines is 1. The molecule has 0 aromatic carbocycles. The molecule has 0 amide bonds. The maximum absolute atomic E-state index is 11.5. The molecule has 2 heterocycles. The van der Waals surface area contributed by atoms with Crippen LogP contribution >= 0.6 is 0 Å². The molecule has 0 unspecified atom stereocenters. The van der Waals surface area contributed by atoms with E-state index in [4.69, 9.17) is 5.73 Å². The van der Waals surface area contributed by atoms with E-state index >= 15 is 0 Å². The maximum Gasteiger partial charge on any atom is 0.155 e. The second-order valence-electron chi connectivity index (χ2n) is 4.33. The van der Waals surface area contributed by atoms with E-state index in [9.17, 15) is 8.42 Å². The van der Waals surface area contributed by atoms with Gasteiger partial charge in [-0.2, -0.15) is 5.10 Å². The molecule has 0 bridgehead atoms. The minimum atomic E-state index is -2.94. The Hall–Kier alpha value is -1.04. The fraction of sp³-hybridized carbons (Fsp3) is 0.667. The molecule has 15 heavy (non-hydrogen) atoms. The Kier molecular flexibility index (Phi) is 1.69. The summed E-state index contributed by atoms with van der Waals surface area (Å²) < 4.78 is 24.7. The zero-order chi connectivity index (χ0) is 10.6. The van der Waals surface area contributed by atoms with Gasteiger partial charge in [-0.3, -0.25) is 0 Å². The monoisotopic (exact) mass is 227 g/mol. The number of fused-ring (bicyclic) bond motifs is 1. The number of nitrogen functional groups attached to an aromatic ring is 1. The van der Waals surface area contributed by atoms with Crippen LogP contribution < -0.4 is 5.73 Å². The Morgan fingerprint density at radius 1 is 1.40 bits per heavy atom. The minimum absolute atomic E-state index is 0.0703. The first kappa shape index (κ1) is 9.21. The van der Waals surface area contributed by atoms with E-state index < -0.39 is 9.84 Å². The van der Waals surface area contributed by atoms with E-state index in [0.717, 1.165) is 24.1 Å². The zero-order valence-corrected chi connectivity index (χ0v) is 9.13. The van der Waals surface area contributed by atoms with Gasteiger partial charge >= 0.3 is 0 Å². The minimum Gasteiger partial charge on any atom is -0.384 e. The van der Waals surface area contributed by atoms with Gasteiger partial charge in [0, 0.05) is 12.0 Å². The van der Waals surface area contributed by atoms with Crippen molar-refractivity contribution in [2.45, 2.75) is 31.1 Å². The van der Waals surface area contributed by atoms with Crippen molar-refractivity contribution in [3.63, 3.8) is 0 Å². The second kappa shape index (κ2) is 2.75. The molecule has 0 spiro atoms. The largest absolute Gasteiger partial charge is 0.384 e. The lowest BCUT2D eigenvalue weighted by atomic mass is 10.2. The van der Waals surface area contributed by atoms with Gasteiger partial charge in [0.2, 0.25) is 0 Å². The topological polar surface area (TPSA) is 78.0 Å². The quantitative estimate of drug-likeness (QED) is 0.747. The van der Waals surface area contributed by atoms with Crippen molar-refractivity contribution < 1.29 is 8.42 Å². The third-order valence-electron chi connectivity index (χ3n) is 3.04. The second-order valence-corrected chi connectivity index (χ2v) is 6.51. The molecule has 2 N–H and O–H groups in total. The number of hydrogen-bond acceptors (Lipinski definition) is 4. The standard InChI is InChI=1S/C9H13N3O2S/c10-9-7-5-15(13,14)4-3-8(7)11-12(9)6-1-2-6/h6H,1-5,10H2. The normalized spacial score (nSPS) is 23.7. The molecule has 1 aliphatic heterocycles. The molecule has 0 radical (unpaired) electrons. The molecule has 0 atom stereocenters. The van der Waals surface area contributed by atoms with Gasteiger partial charge in [-0.05, 0) is 12.8 Å². The summed E-state index contributed by atoms with van der Waals surface area (Å²) in [5, 5.41) is 4.41. The van der Waals surface area contributed by atoms with E-state index in [2.05, 4.69) is 5.10 Å². The van der Waals surface area contributed by atoms with Gasteiger partial charge in [0.15, 0.2) is 9.84 Å². The van der Waals surface area contributed by atoms with Crippen LogP contribution in [0.4, 0.5) is 5.82 Å². The van der Waals surface area contributed by atoms with Crippen LogP contribution in [0.15, 0.2) is 0 Å². The van der Waals surface area contributed by atoms with E-state index in [1.165, 1.54) is 0 Å². The maximum atomic E-state index is 11.5. The van der Waals surface area contributed by atoms with E-state index in [1.807, 2.05) is 4.68 Å². The summed E-state index contributed by atoms with van der Waals surface area (Å²) in [5.74, 6) is 0.845. The third-order valence-corrected chi connectivity index (χ3v) is 4.59. The zero-order valence-electron chi connectivity index (χ0n) is 8.31. The van der Waals surface area contributed by atoms with Gasteiger partial charge in [-0.25, -0.2) is 13.1 Å². The van der Waals surface area contributed by atoms with Crippen LogP contribution in [-0.4, -0.2) is 24.0 Å². The highest BCUT2D eigenvalue weighted by atomic mass is 32.2. The summed E-state index contributed by atoms with van der Waals surface area (Å²) in [7, 11) is -2.94. The molecule has 1 aliphatic carbocycles. The van der Waals surface area contributed by atoms with Crippen LogP contribution in [0.3, 0.4) is 0 Å². The summed E-state index contributed by atoms with van der Waals surface area (Å²) in [6.45, 7) is 0. The molecule has 82 valence electrons. The van der Waals surface area contributed by atoms with Gasteiger partial charge in [-0.15, -0.1) is 0 Å². The van der Waals surface area contributed by atoms with E-state index in [1.54, 1.807) is 0 Å². The highest BCUT2D eigenvalue weighted by Crippen LogP contribution is 2.38. The molecule has 1 fully saturated rings. The Bertz CT molecular complexity index is 514. The van der Waals surface area contributed by atoms with Gasteiger partial charge in [-0.1, -0.05) is 0 Å². The lowest BCUT2D eigenvalue weighted by Crippen LogP contribution is -2.18. The van der Waals surface area contributed by atoms with Crippen LogP contribution in [0.5, 0.6) is 0 Å². The number of nitrogens with zero attached hydrogens (tertiary/aromatic N) is 2. The van der Waals surface area contributed by atoms with E-state index in [-0.39, 0.29) is 11.5 Å². The highest BCUT2D eigenvalue weighted by molar-refractivity contribution is 7.90. The molecule has 2 aliphatic rings. The number of sulfone groups is 1. The van der Waals surface area contributed by atoms with Crippen LogP contribution in [-0.2, 0) is 22.0 Å². The van der Waals surface area contributed by atoms with Crippen molar-refractivity contribution in [1.29, 1.82) is 0 Å². The molecule has 1 aromatic heterocycles. The summed E-state index contributed by atoms with van der Waals surface area (Å²) in [6.07, 6.45) is 2.73. The average Bonchev–Trinajstić information content (AvgIpc) is 2.94. The average molecular weight is 227 g/mol. The first-order chi connectivity index (χ1) is 7.07. The Morgan fingerprint density at radius 3 is 2.80 bits per heavy atom. The predicted molar refractivity (Wildman–Crippen MR) is 56.1 cm³/mol. The Morgan fingerprint density at radius 2 is 2.13 bits per heavy atom. The smallest absolute Gasteiger partial charge is 0.155 e. The highest BCUT2D eigenvalue weighted by Gasteiger charge is 2.32. The van der Waals surface area contributed by atoms with Gasteiger partial charge in [0.25, 0.3) is 0 Å². The number of nitrogens with two attached hydrogens (primary N) is 1. The lowest BCUT2D eigenvalue weighted by molar-refractivity contribution is 0.590. The molecule has 5 nitrogen and oxygen atoms in total. The van der Waals surface area contributed by atoms with Gasteiger partial charge in [0.1, 0.15) is 5.82 Å². The Balaban J connectivity index is 2.09. The third kappa shape index (κ3) is 1.43. The fourth-order valence-corrected chi connectivity index (χ4v) is 3.43. The molecule has 1 aromatic rings. The van der Waals surface area contributed by atoms with Gasteiger partial charge < -0.3 is 5.73 Å². The fourth-order valence-electron chi connectivity index (χ4n) is 2.03. The van der Waals surface area contributed by atoms with Gasteiger partial charge in [0.05, 0.1) is 23.2 Å². The molecule has 1 saturated carbocycles. The van der Waals surface area contributed by atoms with Crippen molar-refractivity contribution in [3.05, 3.63) is 11.3 Å². The molecular formula is C9H13N3O2S. The van der Waals surface area contributed by atoms with Crippen molar-refractivity contribution in [2.75, 3.05) is 11.5 Å². The van der Waals surface area contributed by atoms with Crippen molar-refractivity contribution in [3.8, 4) is 0 Å². The first-order valence-corrected chi connectivity index (χ1v) is 6.95. The summed E-state index contributed by atoms with van der Waals surface area (Å²) in [6, 6.07) is 0.415. The first-order valence-electron chi connectivity index (χ1n) is 5.13.